The van der Waals surface area contributed by atoms with Gasteiger partial charge in [-0.15, -0.1) is 0 Å². The first-order valence-electron chi connectivity index (χ1n) is 4.61. The Morgan fingerprint density at radius 1 is 1.43 bits per heavy atom. The molecule has 1 aromatic rings. The molecule has 0 fully saturated rings. The highest BCUT2D eigenvalue weighted by molar-refractivity contribution is 5.84. The van der Waals surface area contributed by atoms with Crippen LogP contribution in [0.4, 0.5) is 0 Å². The van der Waals surface area contributed by atoms with Crippen molar-refractivity contribution in [2.75, 3.05) is 6.61 Å². The van der Waals surface area contributed by atoms with Crippen LogP contribution in [0.3, 0.4) is 0 Å². The second-order valence-electron chi connectivity index (χ2n) is 3.18. The van der Waals surface area contributed by atoms with Crippen LogP contribution in [0.5, 0.6) is 0 Å². The van der Waals surface area contributed by atoms with Gasteiger partial charge in [0.05, 0.1) is 0 Å². The van der Waals surface area contributed by atoms with Crippen LogP contribution in [0, 0.1) is 5.92 Å². The van der Waals surface area contributed by atoms with E-state index in [4.69, 9.17) is 5.11 Å². The van der Waals surface area contributed by atoms with Crippen molar-refractivity contribution < 1.29 is 9.90 Å². The van der Waals surface area contributed by atoms with Crippen LogP contribution < -0.4 is 0 Å². The van der Waals surface area contributed by atoms with Crippen molar-refractivity contribution in [2.45, 2.75) is 6.92 Å². The predicted octanol–water partition coefficient (Wildman–Crippen LogP) is 1.90. The molecule has 0 saturated heterocycles. The van der Waals surface area contributed by atoms with Crippen LogP contribution in [0.2, 0.25) is 0 Å². The molecule has 1 atom stereocenters. The van der Waals surface area contributed by atoms with E-state index in [2.05, 4.69) is 0 Å². The topological polar surface area (TPSA) is 37.3 Å². The van der Waals surface area contributed by atoms with Gasteiger partial charge in [0.25, 0.3) is 0 Å². The number of carbonyl (C=O) groups excluding carboxylic acids is 1. The van der Waals surface area contributed by atoms with Gasteiger partial charge in [-0.05, 0) is 5.56 Å². The number of rotatable bonds is 4. The third-order valence-corrected chi connectivity index (χ3v) is 2.04. The minimum atomic E-state index is -0.389. The Balaban J connectivity index is 2.60. The number of aliphatic hydroxyl groups is 1. The number of aliphatic hydroxyl groups excluding tert-OH is 1. The molecule has 0 heterocycles. The molecule has 0 aliphatic heterocycles. The lowest BCUT2D eigenvalue weighted by Crippen LogP contribution is -2.12. The maximum Gasteiger partial charge on any atom is 0.164 e. The van der Waals surface area contributed by atoms with Crippen LogP contribution in [0.1, 0.15) is 12.5 Å². The second-order valence-corrected chi connectivity index (χ2v) is 3.18. The largest absolute Gasteiger partial charge is 0.389 e. The van der Waals surface area contributed by atoms with Crippen LogP contribution in [-0.2, 0) is 4.79 Å². The molecule has 0 amide bonds. The van der Waals surface area contributed by atoms with Crippen molar-refractivity contribution in [3.05, 3.63) is 42.0 Å². The molecule has 0 aliphatic rings. The lowest BCUT2D eigenvalue weighted by atomic mass is 10.1. The molecule has 0 aromatic heterocycles. The lowest BCUT2D eigenvalue weighted by Gasteiger charge is -2.00. The second kappa shape index (κ2) is 5.35. The molecule has 0 aliphatic carbocycles. The van der Waals surface area contributed by atoms with Crippen LogP contribution in [0.25, 0.3) is 6.08 Å². The number of Topliss-reactive ketones (excluding diaryl/α,β-unsaturated/α-hetero) is 1. The SMILES string of the molecule is CC(C=Cc1ccccc1)C(=O)CO. The summed E-state index contributed by atoms with van der Waals surface area (Å²) in [6.07, 6.45) is 3.69. The summed E-state index contributed by atoms with van der Waals surface area (Å²) >= 11 is 0. The van der Waals surface area contributed by atoms with Gasteiger partial charge in [-0.25, -0.2) is 0 Å². The standard InChI is InChI=1S/C12H14O2/c1-10(12(14)9-13)7-8-11-5-3-2-4-6-11/h2-8,10,13H,9H2,1H3. The van der Waals surface area contributed by atoms with Gasteiger partial charge in [-0.2, -0.15) is 0 Å². The Kier molecular flexibility index (Phi) is 4.08. The number of carbonyl (C=O) groups is 1. The minimum absolute atomic E-state index is 0.155. The number of allylic oxidation sites excluding steroid dienone is 1. The highest BCUT2D eigenvalue weighted by Crippen LogP contribution is 2.05. The van der Waals surface area contributed by atoms with Crippen molar-refractivity contribution in [2.24, 2.45) is 5.92 Å². The van der Waals surface area contributed by atoms with E-state index in [1.807, 2.05) is 36.4 Å². The smallest absolute Gasteiger partial charge is 0.164 e. The summed E-state index contributed by atoms with van der Waals surface area (Å²) in [5.41, 5.74) is 1.06. The molecule has 1 N–H and O–H groups in total. The number of benzene rings is 1. The Labute approximate surface area is 83.9 Å². The lowest BCUT2D eigenvalue weighted by molar-refractivity contribution is -0.123. The number of hydrogen-bond donors (Lipinski definition) is 1. The molecule has 74 valence electrons. The Hall–Kier alpha value is -1.41. The summed E-state index contributed by atoms with van der Waals surface area (Å²) < 4.78 is 0. The molecule has 0 bridgehead atoms. The van der Waals surface area contributed by atoms with E-state index < -0.39 is 0 Å². The highest BCUT2D eigenvalue weighted by Gasteiger charge is 2.06. The van der Waals surface area contributed by atoms with Crippen LogP contribution in [0.15, 0.2) is 36.4 Å². The molecule has 0 saturated carbocycles. The fourth-order valence-electron chi connectivity index (χ4n) is 1.07. The Morgan fingerprint density at radius 2 is 2.07 bits per heavy atom. The van der Waals surface area contributed by atoms with Crippen molar-refractivity contribution in [1.29, 1.82) is 0 Å². The van der Waals surface area contributed by atoms with Gasteiger partial charge in [0.15, 0.2) is 5.78 Å². The molecular weight excluding hydrogens is 176 g/mol. The summed E-state index contributed by atoms with van der Waals surface area (Å²) in [7, 11) is 0. The minimum Gasteiger partial charge on any atom is -0.389 e. The summed E-state index contributed by atoms with van der Waals surface area (Å²) in [6, 6.07) is 9.76. The first kappa shape index (κ1) is 10.7. The zero-order valence-corrected chi connectivity index (χ0v) is 8.18. The zero-order valence-electron chi connectivity index (χ0n) is 8.18. The molecule has 0 spiro atoms. The Bertz CT molecular complexity index is 314. The van der Waals surface area contributed by atoms with E-state index >= 15 is 0 Å². The maximum atomic E-state index is 11.0. The van der Waals surface area contributed by atoms with Crippen molar-refractivity contribution in [3.8, 4) is 0 Å². The third kappa shape index (κ3) is 3.15. The van der Waals surface area contributed by atoms with E-state index in [-0.39, 0.29) is 18.3 Å². The van der Waals surface area contributed by atoms with Gasteiger partial charge in [0, 0.05) is 5.92 Å². The van der Waals surface area contributed by atoms with E-state index in [0.717, 1.165) is 5.56 Å². The quantitative estimate of drug-likeness (QED) is 0.787. The van der Waals surface area contributed by atoms with E-state index in [0.29, 0.717) is 0 Å². The fraction of sp³-hybridized carbons (Fsp3) is 0.250. The van der Waals surface area contributed by atoms with Crippen molar-refractivity contribution in [1.82, 2.24) is 0 Å². The monoisotopic (exact) mass is 190 g/mol. The summed E-state index contributed by atoms with van der Waals surface area (Å²) in [4.78, 5) is 11.0. The molecule has 1 unspecified atom stereocenters. The highest BCUT2D eigenvalue weighted by atomic mass is 16.3. The van der Waals surface area contributed by atoms with Gasteiger partial charge in [0.2, 0.25) is 0 Å². The first-order chi connectivity index (χ1) is 6.74. The van der Waals surface area contributed by atoms with E-state index in [1.54, 1.807) is 13.0 Å². The van der Waals surface area contributed by atoms with Crippen molar-refractivity contribution in [3.63, 3.8) is 0 Å². The molecular formula is C12H14O2. The van der Waals surface area contributed by atoms with Crippen LogP contribution in [-0.4, -0.2) is 17.5 Å². The van der Waals surface area contributed by atoms with E-state index in [9.17, 15) is 4.79 Å². The van der Waals surface area contributed by atoms with Gasteiger partial charge < -0.3 is 5.11 Å². The molecule has 2 heteroatoms. The van der Waals surface area contributed by atoms with Gasteiger partial charge in [-0.1, -0.05) is 49.4 Å². The van der Waals surface area contributed by atoms with E-state index in [1.165, 1.54) is 0 Å². The molecule has 1 rings (SSSR count). The van der Waals surface area contributed by atoms with Gasteiger partial charge in [0.1, 0.15) is 6.61 Å². The predicted molar refractivity (Wildman–Crippen MR) is 56.7 cm³/mol. The zero-order chi connectivity index (χ0) is 10.4. The fourth-order valence-corrected chi connectivity index (χ4v) is 1.07. The molecule has 2 nitrogen and oxygen atoms in total. The summed E-state index contributed by atoms with van der Waals surface area (Å²) in [5.74, 6) is -0.377. The van der Waals surface area contributed by atoms with Gasteiger partial charge >= 0.3 is 0 Å². The molecule has 0 radical (unpaired) electrons. The number of ketones is 1. The Morgan fingerprint density at radius 3 is 2.64 bits per heavy atom. The average Bonchev–Trinajstić information content (AvgIpc) is 2.26. The summed E-state index contributed by atoms with van der Waals surface area (Å²) in [6.45, 7) is 1.39. The van der Waals surface area contributed by atoms with Crippen LogP contribution >= 0.6 is 0 Å². The molecule has 1 aromatic carbocycles. The third-order valence-electron chi connectivity index (χ3n) is 2.04. The maximum absolute atomic E-state index is 11.0. The first-order valence-corrected chi connectivity index (χ1v) is 4.61. The number of hydrogen-bond acceptors (Lipinski definition) is 2. The summed E-state index contributed by atoms with van der Waals surface area (Å²) in [5, 5.41) is 8.62. The van der Waals surface area contributed by atoms with Crippen molar-refractivity contribution >= 4 is 11.9 Å². The normalized spacial score (nSPS) is 13.0. The molecule has 14 heavy (non-hydrogen) atoms. The average molecular weight is 190 g/mol. The van der Waals surface area contributed by atoms with Gasteiger partial charge in [-0.3, -0.25) is 4.79 Å².